The Morgan fingerprint density at radius 3 is 0.867 bits per heavy atom. The van der Waals surface area contributed by atoms with Crippen LogP contribution in [0, 0.1) is 0 Å². The highest BCUT2D eigenvalue weighted by Crippen LogP contribution is 2.42. The van der Waals surface area contributed by atoms with E-state index in [1.54, 1.807) is 0 Å². The third kappa shape index (κ3) is 23.8. The van der Waals surface area contributed by atoms with Gasteiger partial charge in [0.1, 0.15) is 238 Å². The van der Waals surface area contributed by atoms with Crippen LogP contribution in [0.5, 0.6) is 0 Å². The Kier molecular flexibility index (Phi) is 37.8. The second kappa shape index (κ2) is 46.1. The topological polar surface area (TPSA) is 856 Å². The van der Waals surface area contributed by atoms with E-state index in [1.807, 2.05) is 0 Å². The molecule has 0 aromatic heterocycles. The van der Waals surface area contributed by atoms with Crippen LogP contribution in [-0.2, 0) is 119 Å². The molecule has 0 aromatic rings. The van der Waals surface area contributed by atoms with Crippen molar-refractivity contribution in [3.05, 3.63) is 0 Å². The third-order valence-corrected chi connectivity index (χ3v) is 23.2. The molecule has 128 heavy (non-hydrogen) atoms. The summed E-state index contributed by atoms with van der Waals surface area (Å²) in [4.78, 5) is 77.8. The summed E-state index contributed by atoms with van der Waals surface area (Å²) in [5.41, 5.74) is 0. The van der Waals surface area contributed by atoms with Crippen molar-refractivity contribution in [2.24, 2.45) is 0 Å². The van der Waals surface area contributed by atoms with Crippen LogP contribution < -0.4 is 31.9 Å². The van der Waals surface area contributed by atoms with E-state index in [1.165, 1.54) is 6.92 Å². The molecule has 10 aliphatic rings. The molecule has 738 valence electrons. The molecule has 0 spiro atoms. The molecule has 0 aliphatic carbocycles. The fourth-order valence-electron chi connectivity index (χ4n) is 16.6. The van der Waals surface area contributed by atoms with Gasteiger partial charge in [-0.2, -0.15) is 0 Å². The average molecular weight is 1870 g/mol. The molecule has 10 fully saturated rings. The van der Waals surface area contributed by atoms with Gasteiger partial charge in [0, 0.05) is 41.5 Å². The van der Waals surface area contributed by atoms with Gasteiger partial charge in [-0.3, -0.25) is 28.8 Å². The minimum atomic E-state index is -2.82. The van der Waals surface area contributed by atoms with Gasteiger partial charge in [-0.15, -0.1) is 0 Å². The summed E-state index contributed by atoms with van der Waals surface area (Å²) < 4.78 is 117. The lowest BCUT2D eigenvalue weighted by molar-refractivity contribution is -0.412. The van der Waals surface area contributed by atoms with Crippen molar-refractivity contribution in [1.29, 1.82) is 0 Å². The monoisotopic (exact) mass is 1870 g/mol. The van der Waals surface area contributed by atoms with Crippen molar-refractivity contribution in [3.63, 3.8) is 0 Å². The number of aliphatic hydroxyl groups excluding tert-OH is 25. The zero-order valence-corrected chi connectivity index (χ0v) is 69.6. The first kappa shape index (κ1) is 105. The molecule has 50 atom stereocenters. The number of carbonyl (C=O) groups excluding carboxylic acids is 6. The van der Waals surface area contributed by atoms with Gasteiger partial charge >= 0.3 is 0 Å². The second-order valence-electron chi connectivity index (χ2n) is 32.5. The lowest BCUT2D eigenvalue weighted by Gasteiger charge is -2.53. The van der Waals surface area contributed by atoms with Crippen molar-refractivity contribution in [2.75, 3.05) is 59.5 Å². The van der Waals surface area contributed by atoms with Crippen LogP contribution in [0.15, 0.2) is 0 Å². The summed E-state index contributed by atoms with van der Waals surface area (Å²) in [7, 11) is 0. The first-order chi connectivity index (χ1) is 60.5. The van der Waals surface area contributed by atoms with Gasteiger partial charge < -0.3 is 250 Å². The van der Waals surface area contributed by atoms with Crippen molar-refractivity contribution < 1.29 is 246 Å². The number of rotatable bonds is 33. The Balaban J connectivity index is 1.12. The largest absolute Gasteiger partial charge is 0.394 e. The molecule has 0 bridgehead atoms. The SMILES string of the molecule is CC(=O)N[C@@H]1[C@@H](O)[C@H](O[C@@H]2O[C@H](CO)[C@@H](O[C@@H]3O[C@H](CO[C@H]4O[C@H](CO)[C@@H](O)[C@H](O)[C@@H]4O[C@@H]4O[C@H](CO)[C@@H](O)[C@H](O)[C@H]4NC(C)=O)[C@@H](O[C@@H]4O[C@H](CO)[C@@H](O)[C@H](O)[C@H]4NC(C)=O)[C@H](O[C@H]4O[C@H](CO)[C@@H](O[C@@H]5O[C@H](CO)[C@@H](O)[C@H](O)[C@H]5NC(C)=O)[C@H](O)[C@@H]4O[C@@H]4O[C@H](CO)[C@@H](O)[C@H](O)[C@H]4NC(C)=O)[C@@H]3O)[C@H](O)[C@H]2NC(C)=O)[C@@H](CO[C@H]2O[C@H](C)[C@H](O)[C@H](O)[C@H]2O)O[C@H]1O. The first-order valence-electron chi connectivity index (χ1n) is 41.0. The van der Waals surface area contributed by atoms with Gasteiger partial charge in [-0.25, -0.2) is 0 Å². The molecule has 0 unspecified atom stereocenters. The quantitative estimate of drug-likeness (QED) is 0.0290. The molecule has 31 N–H and O–H groups in total. The van der Waals surface area contributed by atoms with E-state index < -0.39 is 402 Å². The number of hydrogen-bond acceptors (Lipinski definition) is 50. The van der Waals surface area contributed by atoms with E-state index in [9.17, 15) is 156 Å². The Morgan fingerprint density at radius 2 is 0.484 bits per heavy atom. The summed E-state index contributed by atoms with van der Waals surface area (Å²) in [6.07, 6.45) is -95.0. The number of ether oxygens (including phenoxy) is 19. The summed E-state index contributed by atoms with van der Waals surface area (Å²) in [6, 6.07) is -11.7. The van der Waals surface area contributed by atoms with Crippen molar-refractivity contribution in [3.8, 4) is 0 Å². The maximum Gasteiger partial charge on any atom is 0.217 e. The molecule has 10 rings (SSSR count). The maximum absolute atomic E-state index is 13.6. The number of aliphatic hydroxyl groups is 25. The lowest BCUT2D eigenvalue weighted by Crippen LogP contribution is -2.72. The molecular formula is C72H120N6O50. The Bertz CT molecular complexity index is 3550. The number of carbonyl (C=O) groups is 6. The smallest absolute Gasteiger partial charge is 0.217 e. The van der Waals surface area contributed by atoms with Gasteiger partial charge in [-0.05, 0) is 6.92 Å². The van der Waals surface area contributed by atoms with Crippen LogP contribution in [0.25, 0.3) is 0 Å². The fourth-order valence-corrected chi connectivity index (χ4v) is 16.6. The van der Waals surface area contributed by atoms with Crippen molar-refractivity contribution >= 4 is 35.4 Å². The molecule has 10 saturated heterocycles. The minimum absolute atomic E-state index is 0.871. The zero-order chi connectivity index (χ0) is 94.4. The second-order valence-corrected chi connectivity index (χ2v) is 32.5. The van der Waals surface area contributed by atoms with E-state index in [0.717, 1.165) is 41.5 Å². The van der Waals surface area contributed by atoms with Gasteiger partial charge in [0.15, 0.2) is 62.9 Å². The first-order valence-corrected chi connectivity index (χ1v) is 41.0. The fraction of sp³-hybridized carbons (Fsp3) is 0.917. The van der Waals surface area contributed by atoms with Crippen molar-refractivity contribution in [1.82, 2.24) is 31.9 Å². The van der Waals surface area contributed by atoms with E-state index in [0.29, 0.717) is 0 Å². The predicted octanol–water partition coefficient (Wildman–Crippen LogP) is -20.9. The van der Waals surface area contributed by atoms with E-state index in [2.05, 4.69) is 31.9 Å². The molecule has 0 saturated carbocycles. The molecule has 6 amide bonds. The molecule has 56 heteroatoms. The molecule has 56 nitrogen and oxygen atoms in total. The van der Waals surface area contributed by atoms with Crippen LogP contribution in [-0.4, -0.2) is 529 Å². The predicted molar refractivity (Wildman–Crippen MR) is 398 cm³/mol. The summed E-state index contributed by atoms with van der Waals surface area (Å²) in [6.45, 7) is -3.70. The standard InChI is InChI=1S/C72H120N6O50/c1-17-39(92)51(104)53(106)69(112-17)110-15-31-58(49(102)33(63(109)113-31)73-18(2)86)123-68-38(78-23(7)91)50(103)56(29(13-84)119-68)124-70-55(108)60(126-72-62(128-67-37(77-22(6)90)48(101)43(96)27(11-82)117-67)54(107)57(30(14-85)120-72)122-64-34(74-19(3)87)45(98)40(93)24(8-79)114-64)59(125-65-35(75-20(4)88)46(99)41(94)25(9-80)115-65)32(121-70)16-111-71-61(52(105)44(97)28(12-83)118-71)127-66-36(76-21(5)89)47(100)42(95)26(10-81)116-66/h17,24-72,79-85,92-109H,8-16H2,1-7H3,(H,73,86)(H,74,87)(H,75,88)(H,76,89)(H,77,90)(H,78,91)/t17-,24-,25-,26-,27-,28-,29-,30-,31-,32-,33-,34-,35-,36-,37-,38-,39+,40-,41-,42-,43-,44-,45-,46-,47-,48-,49-,50-,51+,52+,53-,54+,55+,56-,57-,58-,59-,60-,61+,62+,63-,64+,65+,66+,67+,68+,69+,70+,71+,72-/m1/s1. The zero-order valence-electron chi connectivity index (χ0n) is 69.6. The van der Waals surface area contributed by atoms with E-state index in [4.69, 9.17) is 90.0 Å². The molecule has 0 radical (unpaired) electrons. The summed E-state index contributed by atoms with van der Waals surface area (Å²) in [5, 5.41) is 299. The third-order valence-electron chi connectivity index (χ3n) is 23.2. The van der Waals surface area contributed by atoms with E-state index in [-0.39, 0.29) is 0 Å². The average Bonchev–Trinajstić information content (AvgIpc) is 0.752. The highest BCUT2D eigenvalue weighted by atomic mass is 16.8. The lowest BCUT2D eigenvalue weighted by atomic mass is 9.93. The highest BCUT2D eigenvalue weighted by molar-refractivity contribution is 5.75. The molecule has 10 aliphatic heterocycles. The van der Waals surface area contributed by atoms with Crippen LogP contribution in [0.2, 0.25) is 0 Å². The Morgan fingerprint density at radius 1 is 0.219 bits per heavy atom. The summed E-state index contributed by atoms with van der Waals surface area (Å²) in [5.74, 6) is -5.73. The Hall–Kier alpha value is -4.94. The van der Waals surface area contributed by atoms with Crippen LogP contribution >= 0.6 is 0 Å². The number of nitrogens with one attached hydrogen (secondary N) is 6. The minimum Gasteiger partial charge on any atom is -0.394 e. The van der Waals surface area contributed by atoms with Crippen LogP contribution in [0.1, 0.15) is 48.5 Å². The van der Waals surface area contributed by atoms with Crippen LogP contribution in [0.4, 0.5) is 0 Å². The number of hydrogen-bond donors (Lipinski definition) is 31. The Labute approximate surface area is 726 Å². The summed E-state index contributed by atoms with van der Waals surface area (Å²) >= 11 is 0. The van der Waals surface area contributed by atoms with Crippen molar-refractivity contribution in [2.45, 2.75) is 355 Å². The van der Waals surface area contributed by atoms with E-state index >= 15 is 0 Å². The number of amides is 6. The molecule has 10 heterocycles. The van der Waals surface area contributed by atoms with Gasteiger partial charge in [0.2, 0.25) is 35.4 Å². The van der Waals surface area contributed by atoms with Gasteiger partial charge in [0.05, 0.1) is 65.6 Å². The molecule has 0 aromatic carbocycles. The van der Waals surface area contributed by atoms with Gasteiger partial charge in [0.25, 0.3) is 0 Å². The maximum atomic E-state index is 13.6. The highest BCUT2D eigenvalue weighted by Gasteiger charge is 2.63. The normalized spacial score (nSPS) is 47.8. The molecular weight excluding hydrogens is 1750 g/mol. The van der Waals surface area contributed by atoms with Gasteiger partial charge in [-0.1, -0.05) is 0 Å². The van der Waals surface area contributed by atoms with Crippen LogP contribution in [0.3, 0.4) is 0 Å².